The summed E-state index contributed by atoms with van der Waals surface area (Å²) in [6, 6.07) is 9.78. The highest BCUT2D eigenvalue weighted by Crippen LogP contribution is 2.18. The van der Waals surface area contributed by atoms with Crippen LogP contribution in [0.5, 0.6) is 0 Å². The Kier molecular flexibility index (Phi) is 5.62. The third-order valence-electron chi connectivity index (χ3n) is 3.08. The fourth-order valence-electron chi connectivity index (χ4n) is 1.66. The van der Waals surface area contributed by atoms with Crippen LogP contribution >= 0.6 is 0 Å². The fourth-order valence-corrected chi connectivity index (χ4v) is 1.66. The number of aliphatic hydroxyl groups is 1. The summed E-state index contributed by atoms with van der Waals surface area (Å²) >= 11 is 0. The molecule has 1 atom stereocenters. The van der Waals surface area contributed by atoms with Crippen LogP contribution in [0.4, 0.5) is 0 Å². The molecule has 0 heterocycles. The van der Waals surface area contributed by atoms with Crippen LogP contribution < -0.4 is 5.32 Å². The molecule has 0 saturated carbocycles. The van der Waals surface area contributed by atoms with Crippen LogP contribution in [0.3, 0.4) is 0 Å². The van der Waals surface area contributed by atoms with Gasteiger partial charge in [0.1, 0.15) is 0 Å². The number of nitrogens with zero attached hydrogens (tertiary/aromatic N) is 1. The Hall–Kier alpha value is -0.900. The Morgan fingerprint density at radius 2 is 1.94 bits per heavy atom. The van der Waals surface area contributed by atoms with E-state index in [2.05, 4.69) is 24.2 Å². The zero-order valence-electron chi connectivity index (χ0n) is 11.1. The van der Waals surface area contributed by atoms with Gasteiger partial charge in [-0.2, -0.15) is 0 Å². The van der Waals surface area contributed by atoms with E-state index in [0.717, 1.165) is 25.2 Å². The molecule has 0 aliphatic carbocycles. The minimum atomic E-state index is -0.800. The summed E-state index contributed by atoms with van der Waals surface area (Å²) in [6.07, 6.45) is 0. The van der Waals surface area contributed by atoms with E-state index in [-0.39, 0.29) is 0 Å². The predicted molar refractivity (Wildman–Crippen MR) is 72.1 cm³/mol. The number of nitrogens with one attached hydrogen (secondary N) is 1. The molecule has 1 aromatic rings. The highest BCUT2D eigenvalue weighted by atomic mass is 16.3. The SMILES string of the molecule is CCN(C)CCNCC(C)(O)c1ccccc1. The average molecular weight is 236 g/mol. The van der Waals surface area contributed by atoms with Crippen LogP contribution in [-0.4, -0.2) is 43.2 Å². The molecule has 3 heteroatoms. The summed E-state index contributed by atoms with van der Waals surface area (Å²) in [5, 5.41) is 13.6. The molecule has 0 fully saturated rings. The molecule has 0 aromatic heterocycles. The zero-order chi connectivity index (χ0) is 12.7. The maximum atomic E-state index is 10.3. The van der Waals surface area contributed by atoms with Gasteiger partial charge in [-0.3, -0.25) is 0 Å². The Balaban J connectivity index is 2.35. The second kappa shape index (κ2) is 6.74. The molecule has 0 bridgehead atoms. The minimum Gasteiger partial charge on any atom is -0.384 e. The van der Waals surface area contributed by atoms with Crippen molar-refractivity contribution >= 4 is 0 Å². The van der Waals surface area contributed by atoms with Gasteiger partial charge < -0.3 is 15.3 Å². The average Bonchev–Trinajstić information content (AvgIpc) is 2.35. The summed E-state index contributed by atoms with van der Waals surface area (Å²) in [5.74, 6) is 0. The topological polar surface area (TPSA) is 35.5 Å². The van der Waals surface area contributed by atoms with Gasteiger partial charge in [0.25, 0.3) is 0 Å². The van der Waals surface area contributed by atoms with E-state index in [1.54, 1.807) is 0 Å². The third kappa shape index (κ3) is 4.86. The molecule has 17 heavy (non-hydrogen) atoms. The van der Waals surface area contributed by atoms with E-state index < -0.39 is 5.60 Å². The standard InChI is InChI=1S/C14H24N2O/c1-4-16(3)11-10-15-12-14(2,17)13-8-6-5-7-9-13/h5-9,15,17H,4,10-12H2,1-3H3. The lowest BCUT2D eigenvalue weighted by Gasteiger charge is -2.25. The first-order valence-corrected chi connectivity index (χ1v) is 6.23. The highest BCUT2D eigenvalue weighted by molar-refractivity contribution is 5.21. The van der Waals surface area contributed by atoms with Crippen molar-refractivity contribution in [2.75, 3.05) is 33.2 Å². The molecule has 0 spiro atoms. The molecule has 1 unspecified atom stereocenters. The first kappa shape index (κ1) is 14.2. The van der Waals surface area contributed by atoms with E-state index in [4.69, 9.17) is 0 Å². The maximum Gasteiger partial charge on any atom is 0.0992 e. The van der Waals surface area contributed by atoms with Crippen LogP contribution in [0.2, 0.25) is 0 Å². The molecular weight excluding hydrogens is 212 g/mol. The maximum absolute atomic E-state index is 10.3. The van der Waals surface area contributed by atoms with Gasteiger partial charge in [-0.1, -0.05) is 37.3 Å². The van der Waals surface area contributed by atoms with Crippen molar-refractivity contribution in [3.8, 4) is 0 Å². The van der Waals surface area contributed by atoms with Crippen molar-refractivity contribution in [2.45, 2.75) is 19.4 Å². The number of hydrogen-bond acceptors (Lipinski definition) is 3. The van der Waals surface area contributed by atoms with E-state index in [1.807, 2.05) is 37.3 Å². The van der Waals surface area contributed by atoms with Crippen molar-refractivity contribution in [3.63, 3.8) is 0 Å². The first-order chi connectivity index (χ1) is 8.06. The summed E-state index contributed by atoms with van der Waals surface area (Å²) in [6.45, 7) is 7.51. The molecule has 2 N–H and O–H groups in total. The van der Waals surface area contributed by atoms with Crippen molar-refractivity contribution < 1.29 is 5.11 Å². The normalized spacial score (nSPS) is 14.9. The second-order valence-electron chi connectivity index (χ2n) is 4.71. The minimum absolute atomic E-state index is 0.578. The zero-order valence-corrected chi connectivity index (χ0v) is 11.1. The summed E-state index contributed by atoms with van der Waals surface area (Å²) < 4.78 is 0. The molecule has 0 amide bonds. The Morgan fingerprint density at radius 1 is 1.29 bits per heavy atom. The number of benzene rings is 1. The predicted octanol–water partition coefficient (Wildman–Crippen LogP) is 1.44. The molecule has 0 aliphatic rings. The van der Waals surface area contributed by atoms with Crippen molar-refractivity contribution in [3.05, 3.63) is 35.9 Å². The smallest absolute Gasteiger partial charge is 0.0992 e. The number of hydrogen-bond donors (Lipinski definition) is 2. The molecule has 3 nitrogen and oxygen atoms in total. The highest BCUT2D eigenvalue weighted by Gasteiger charge is 2.21. The number of likely N-dealkylation sites (N-methyl/N-ethyl adjacent to an activating group) is 1. The Morgan fingerprint density at radius 3 is 2.53 bits per heavy atom. The molecule has 0 radical (unpaired) electrons. The van der Waals surface area contributed by atoms with Crippen LogP contribution in [0, 0.1) is 0 Å². The molecule has 1 aromatic carbocycles. The lowest BCUT2D eigenvalue weighted by Crippen LogP contribution is -2.38. The van der Waals surface area contributed by atoms with Gasteiger partial charge in [0, 0.05) is 19.6 Å². The fraction of sp³-hybridized carbons (Fsp3) is 0.571. The van der Waals surface area contributed by atoms with Crippen LogP contribution in [0.15, 0.2) is 30.3 Å². The van der Waals surface area contributed by atoms with Crippen LogP contribution in [-0.2, 0) is 5.60 Å². The third-order valence-corrected chi connectivity index (χ3v) is 3.08. The van der Waals surface area contributed by atoms with Crippen molar-refractivity contribution in [1.82, 2.24) is 10.2 Å². The Labute approximate surface area is 104 Å². The van der Waals surface area contributed by atoms with Gasteiger partial charge in [0.05, 0.1) is 5.60 Å². The molecule has 96 valence electrons. The van der Waals surface area contributed by atoms with E-state index in [9.17, 15) is 5.11 Å². The Bertz CT molecular complexity index is 311. The largest absolute Gasteiger partial charge is 0.384 e. The first-order valence-electron chi connectivity index (χ1n) is 6.23. The van der Waals surface area contributed by atoms with E-state index >= 15 is 0 Å². The van der Waals surface area contributed by atoms with Gasteiger partial charge in [0.15, 0.2) is 0 Å². The van der Waals surface area contributed by atoms with Crippen LogP contribution in [0.25, 0.3) is 0 Å². The molecular formula is C14H24N2O. The van der Waals surface area contributed by atoms with E-state index in [1.165, 1.54) is 0 Å². The van der Waals surface area contributed by atoms with Gasteiger partial charge in [0.2, 0.25) is 0 Å². The van der Waals surface area contributed by atoms with Gasteiger partial charge >= 0.3 is 0 Å². The second-order valence-corrected chi connectivity index (χ2v) is 4.71. The van der Waals surface area contributed by atoms with Crippen molar-refractivity contribution in [2.24, 2.45) is 0 Å². The monoisotopic (exact) mass is 236 g/mol. The molecule has 0 aliphatic heterocycles. The summed E-state index contributed by atoms with van der Waals surface area (Å²) in [5.41, 5.74) is 0.155. The lowest BCUT2D eigenvalue weighted by atomic mass is 9.96. The van der Waals surface area contributed by atoms with Gasteiger partial charge in [-0.15, -0.1) is 0 Å². The summed E-state index contributed by atoms with van der Waals surface area (Å²) in [4.78, 5) is 2.24. The lowest BCUT2D eigenvalue weighted by molar-refractivity contribution is 0.0566. The van der Waals surface area contributed by atoms with Gasteiger partial charge in [-0.05, 0) is 26.1 Å². The quantitative estimate of drug-likeness (QED) is 0.703. The van der Waals surface area contributed by atoms with Crippen LogP contribution in [0.1, 0.15) is 19.4 Å². The summed E-state index contributed by atoms with van der Waals surface area (Å²) in [7, 11) is 2.09. The molecule has 0 saturated heterocycles. The van der Waals surface area contributed by atoms with Crippen molar-refractivity contribution in [1.29, 1.82) is 0 Å². The van der Waals surface area contributed by atoms with Gasteiger partial charge in [-0.25, -0.2) is 0 Å². The van der Waals surface area contributed by atoms with E-state index in [0.29, 0.717) is 6.54 Å². The molecule has 1 rings (SSSR count). The number of rotatable bonds is 7.